The summed E-state index contributed by atoms with van der Waals surface area (Å²) in [7, 11) is 0. The van der Waals surface area contributed by atoms with E-state index in [9.17, 15) is 4.79 Å². The van der Waals surface area contributed by atoms with Crippen molar-refractivity contribution in [2.45, 2.75) is 77.9 Å². The van der Waals surface area contributed by atoms with Gasteiger partial charge in [-0.25, -0.2) is 4.79 Å². The highest BCUT2D eigenvalue weighted by Crippen LogP contribution is 2.32. The molecule has 0 bridgehead atoms. The van der Waals surface area contributed by atoms with E-state index in [0.717, 1.165) is 13.1 Å². The van der Waals surface area contributed by atoms with Crippen LogP contribution in [-0.2, 0) is 4.74 Å². The first-order chi connectivity index (χ1) is 9.42. The van der Waals surface area contributed by atoms with Gasteiger partial charge in [-0.2, -0.15) is 0 Å². The van der Waals surface area contributed by atoms with Gasteiger partial charge in [-0.05, 0) is 52.5 Å². The number of rotatable bonds is 9. The van der Waals surface area contributed by atoms with Crippen molar-refractivity contribution >= 4 is 6.09 Å². The second-order valence-corrected chi connectivity index (χ2v) is 6.85. The van der Waals surface area contributed by atoms with Crippen LogP contribution < -0.4 is 10.6 Å². The molecule has 0 aromatic rings. The van der Waals surface area contributed by atoms with Crippen molar-refractivity contribution in [3.05, 3.63) is 0 Å². The maximum atomic E-state index is 11.8. The molecule has 0 spiro atoms. The van der Waals surface area contributed by atoms with Gasteiger partial charge in [0.05, 0.1) is 0 Å². The van der Waals surface area contributed by atoms with E-state index < -0.39 is 5.60 Å². The third-order valence-corrected chi connectivity index (χ3v) is 3.46. The molecule has 0 saturated heterocycles. The van der Waals surface area contributed by atoms with Gasteiger partial charge in [0, 0.05) is 12.6 Å². The predicted octanol–water partition coefficient (Wildman–Crippen LogP) is 3.46. The molecule has 1 aliphatic rings. The van der Waals surface area contributed by atoms with Crippen LogP contribution in [0, 0.1) is 5.92 Å². The SMILES string of the molecule is CCCCCCNCC(NC(=O)OC(C)(C)C)C1CC1. The van der Waals surface area contributed by atoms with Crippen molar-refractivity contribution in [2.24, 2.45) is 5.92 Å². The molecule has 1 unspecified atom stereocenters. The maximum Gasteiger partial charge on any atom is 0.407 e. The van der Waals surface area contributed by atoms with Gasteiger partial charge in [0.2, 0.25) is 0 Å². The Kier molecular flexibility index (Phi) is 7.35. The number of nitrogens with one attached hydrogen (secondary N) is 2. The highest BCUT2D eigenvalue weighted by Gasteiger charge is 2.32. The molecule has 1 aliphatic carbocycles. The summed E-state index contributed by atoms with van der Waals surface area (Å²) in [6.45, 7) is 9.80. The third kappa shape index (κ3) is 8.41. The first-order valence-electron chi connectivity index (χ1n) is 8.12. The van der Waals surface area contributed by atoms with Crippen molar-refractivity contribution < 1.29 is 9.53 Å². The molecule has 1 fully saturated rings. The number of amides is 1. The van der Waals surface area contributed by atoms with E-state index in [1.807, 2.05) is 20.8 Å². The Labute approximate surface area is 124 Å². The van der Waals surface area contributed by atoms with Crippen LogP contribution in [0.3, 0.4) is 0 Å². The molecule has 1 rings (SSSR count). The van der Waals surface area contributed by atoms with Gasteiger partial charge in [0.15, 0.2) is 0 Å². The van der Waals surface area contributed by atoms with Gasteiger partial charge in [-0.3, -0.25) is 0 Å². The summed E-state index contributed by atoms with van der Waals surface area (Å²) < 4.78 is 5.33. The van der Waals surface area contributed by atoms with Crippen molar-refractivity contribution in [2.75, 3.05) is 13.1 Å². The Morgan fingerprint density at radius 3 is 2.50 bits per heavy atom. The largest absolute Gasteiger partial charge is 0.444 e. The fraction of sp³-hybridized carbons (Fsp3) is 0.938. The number of hydrogen-bond acceptors (Lipinski definition) is 3. The zero-order valence-electron chi connectivity index (χ0n) is 13.6. The van der Waals surface area contributed by atoms with Crippen LogP contribution in [0.2, 0.25) is 0 Å². The highest BCUT2D eigenvalue weighted by atomic mass is 16.6. The van der Waals surface area contributed by atoms with Crippen LogP contribution in [0.4, 0.5) is 4.79 Å². The summed E-state index contributed by atoms with van der Waals surface area (Å²) in [4.78, 5) is 11.8. The van der Waals surface area contributed by atoms with Crippen molar-refractivity contribution in [1.29, 1.82) is 0 Å². The number of unbranched alkanes of at least 4 members (excludes halogenated alkanes) is 3. The van der Waals surface area contributed by atoms with Gasteiger partial charge in [-0.15, -0.1) is 0 Å². The van der Waals surface area contributed by atoms with Gasteiger partial charge < -0.3 is 15.4 Å². The minimum absolute atomic E-state index is 0.219. The lowest BCUT2D eigenvalue weighted by atomic mass is 10.1. The minimum Gasteiger partial charge on any atom is -0.444 e. The Hall–Kier alpha value is -0.770. The summed E-state index contributed by atoms with van der Waals surface area (Å²) in [6, 6.07) is 0.219. The third-order valence-electron chi connectivity index (χ3n) is 3.46. The molecule has 0 aromatic heterocycles. The molecule has 4 nitrogen and oxygen atoms in total. The van der Waals surface area contributed by atoms with Crippen molar-refractivity contribution in [1.82, 2.24) is 10.6 Å². The number of ether oxygens (including phenoxy) is 1. The Morgan fingerprint density at radius 2 is 1.95 bits per heavy atom. The number of carbonyl (C=O) groups is 1. The summed E-state index contributed by atoms with van der Waals surface area (Å²) in [5.74, 6) is 0.630. The van der Waals surface area contributed by atoms with E-state index in [1.165, 1.54) is 38.5 Å². The second kappa shape index (κ2) is 8.50. The van der Waals surface area contributed by atoms with E-state index in [2.05, 4.69) is 17.6 Å². The summed E-state index contributed by atoms with van der Waals surface area (Å²) in [5.41, 5.74) is -0.425. The van der Waals surface area contributed by atoms with E-state index >= 15 is 0 Å². The minimum atomic E-state index is -0.425. The van der Waals surface area contributed by atoms with Crippen molar-refractivity contribution in [3.63, 3.8) is 0 Å². The van der Waals surface area contributed by atoms with Gasteiger partial charge in [0.25, 0.3) is 0 Å². The maximum absolute atomic E-state index is 11.8. The first-order valence-corrected chi connectivity index (χ1v) is 8.12. The van der Waals surface area contributed by atoms with E-state index in [1.54, 1.807) is 0 Å². The highest BCUT2D eigenvalue weighted by molar-refractivity contribution is 5.68. The van der Waals surface area contributed by atoms with E-state index in [0.29, 0.717) is 5.92 Å². The molecule has 0 radical (unpaired) electrons. The summed E-state index contributed by atoms with van der Waals surface area (Å²) >= 11 is 0. The van der Waals surface area contributed by atoms with Gasteiger partial charge in [-0.1, -0.05) is 26.2 Å². The molecule has 2 N–H and O–H groups in total. The lowest BCUT2D eigenvalue weighted by molar-refractivity contribution is 0.0497. The summed E-state index contributed by atoms with van der Waals surface area (Å²) in [6.07, 6.45) is 7.24. The Bertz CT molecular complexity index is 283. The summed E-state index contributed by atoms with van der Waals surface area (Å²) in [5, 5.41) is 6.48. The fourth-order valence-corrected chi connectivity index (χ4v) is 2.23. The lowest BCUT2D eigenvalue weighted by Crippen LogP contribution is -2.45. The molecular formula is C16H32N2O2. The molecule has 1 saturated carbocycles. The number of carbonyl (C=O) groups excluding carboxylic acids is 1. The van der Waals surface area contributed by atoms with Crippen LogP contribution in [0.5, 0.6) is 0 Å². The fourth-order valence-electron chi connectivity index (χ4n) is 2.23. The van der Waals surface area contributed by atoms with Crippen molar-refractivity contribution in [3.8, 4) is 0 Å². The van der Waals surface area contributed by atoms with Crippen LogP contribution in [-0.4, -0.2) is 30.8 Å². The molecule has 1 amide bonds. The Morgan fingerprint density at radius 1 is 1.25 bits per heavy atom. The zero-order valence-corrected chi connectivity index (χ0v) is 13.6. The average Bonchev–Trinajstić information content (AvgIpc) is 3.13. The van der Waals surface area contributed by atoms with Gasteiger partial charge >= 0.3 is 6.09 Å². The van der Waals surface area contributed by atoms with E-state index in [-0.39, 0.29) is 12.1 Å². The van der Waals surface area contributed by atoms with E-state index in [4.69, 9.17) is 4.74 Å². The Balaban J connectivity index is 2.18. The molecule has 1 atom stereocenters. The lowest BCUT2D eigenvalue weighted by Gasteiger charge is -2.24. The molecule has 0 aliphatic heterocycles. The standard InChI is InChI=1S/C16H32N2O2/c1-5-6-7-8-11-17-12-14(13-9-10-13)18-15(19)20-16(2,3)4/h13-14,17H,5-12H2,1-4H3,(H,18,19). The van der Waals surface area contributed by atoms with Crippen LogP contribution in [0.15, 0.2) is 0 Å². The molecule has 20 heavy (non-hydrogen) atoms. The zero-order chi connectivity index (χ0) is 15.0. The predicted molar refractivity (Wildman–Crippen MR) is 82.9 cm³/mol. The average molecular weight is 284 g/mol. The first kappa shape index (κ1) is 17.3. The molecule has 0 heterocycles. The quantitative estimate of drug-likeness (QED) is 0.638. The normalized spacial score (nSPS) is 16.8. The van der Waals surface area contributed by atoms with Crippen LogP contribution in [0.25, 0.3) is 0 Å². The smallest absolute Gasteiger partial charge is 0.407 e. The molecule has 0 aromatic carbocycles. The van der Waals surface area contributed by atoms with Crippen LogP contribution in [0.1, 0.15) is 66.2 Å². The monoisotopic (exact) mass is 284 g/mol. The number of hydrogen-bond donors (Lipinski definition) is 2. The molecule has 118 valence electrons. The van der Waals surface area contributed by atoms with Crippen LogP contribution >= 0.6 is 0 Å². The molecule has 4 heteroatoms. The second-order valence-electron chi connectivity index (χ2n) is 6.85. The molecular weight excluding hydrogens is 252 g/mol. The van der Waals surface area contributed by atoms with Gasteiger partial charge in [0.1, 0.15) is 5.60 Å². The number of alkyl carbamates (subject to hydrolysis) is 1. The topological polar surface area (TPSA) is 50.4 Å².